The molecule has 0 saturated carbocycles. The molecule has 0 amide bonds. The van der Waals surface area contributed by atoms with Crippen molar-refractivity contribution >= 4 is 33.2 Å². The van der Waals surface area contributed by atoms with Crippen LogP contribution in [0, 0.1) is 0 Å². The first-order valence-electron chi connectivity index (χ1n) is 5.89. The summed E-state index contributed by atoms with van der Waals surface area (Å²) in [7, 11) is -1.63. The molecule has 0 aliphatic rings. The Bertz CT molecular complexity index is 734. The Balaban J connectivity index is 2.22. The van der Waals surface area contributed by atoms with Crippen molar-refractivity contribution in [2.24, 2.45) is 0 Å². The van der Waals surface area contributed by atoms with Crippen LogP contribution in [0.2, 0.25) is 5.15 Å². The Labute approximate surface area is 132 Å². The molecule has 2 aromatic rings. The summed E-state index contributed by atoms with van der Waals surface area (Å²) in [6.07, 6.45) is 1.18. The van der Waals surface area contributed by atoms with Crippen molar-refractivity contribution in [2.45, 2.75) is 21.4 Å². The van der Waals surface area contributed by atoms with Crippen molar-refractivity contribution in [3.05, 3.63) is 41.3 Å². The fourth-order valence-electron chi connectivity index (χ4n) is 1.56. The molecule has 2 rings (SSSR count). The van der Waals surface area contributed by atoms with E-state index in [0.29, 0.717) is 16.0 Å². The molecular formula is C13H13ClN2O3S2. The van der Waals surface area contributed by atoms with Gasteiger partial charge in [-0.25, -0.2) is 18.4 Å². The zero-order valence-corrected chi connectivity index (χ0v) is 13.8. The second-order valence-corrected chi connectivity index (χ2v) is 7.72. The lowest BCUT2D eigenvalue weighted by Gasteiger charge is -2.05. The first-order chi connectivity index (χ1) is 9.88. The maximum absolute atomic E-state index is 11.4. The van der Waals surface area contributed by atoms with Gasteiger partial charge in [0.1, 0.15) is 16.8 Å². The highest BCUT2D eigenvalue weighted by atomic mass is 35.5. The van der Waals surface area contributed by atoms with Gasteiger partial charge in [-0.2, -0.15) is 0 Å². The highest BCUT2D eigenvalue weighted by Crippen LogP contribution is 2.28. The number of hydrogen-bond acceptors (Lipinski definition) is 6. The topological polar surface area (TPSA) is 69.2 Å². The predicted octanol–water partition coefficient (Wildman–Crippen LogP) is 2.83. The molecule has 0 aliphatic heterocycles. The van der Waals surface area contributed by atoms with E-state index in [1.165, 1.54) is 18.0 Å². The van der Waals surface area contributed by atoms with Crippen LogP contribution in [0.1, 0.15) is 5.82 Å². The van der Waals surface area contributed by atoms with Gasteiger partial charge in [0.25, 0.3) is 0 Å². The van der Waals surface area contributed by atoms with Gasteiger partial charge in [0.15, 0.2) is 15.7 Å². The SMILES string of the molecule is COCc1nc(Cl)cc(Sc2ccc(S(C)(=O)=O)cc2)n1. The molecular weight excluding hydrogens is 332 g/mol. The summed E-state index contributed by atoms with van der Waals surface area (Å²) < 4.78 is 27.8. The number of hydrogen-bond donors (Lipinski definition) is 0. The van der Waals surface area contributed by atoms with Gasteiger partial charge in [-0.05, 0) is 24.3 Å². The minimum Gasteiger partial charge on any atom is -0.377 e. The van der Waals surface area contributed by atoms with Crippen LogP contribution in [0.5, 0.6) is 0 Å². The molecule has 0 unspecified atom stereocenters. The van der Waals surface area contributed by atoms with E-state index in [1.807, 2.05) is 0 Å². The average Bonchev–Trinajstić information content (AvgIpc) is 2.38. The third kappa shape index (κ3) is 4.67. The lowest BCUT2D eigenvalue weighted by Crippen LogP contribution is -1.98. The van der Waals surface area contributed by atoms with Crippen LogP contribution in [0.3, 0.4) is 0 Å². The first-order valence-corrected chi connectivity index (χ1v) is 8.97. The Hall–Kier alpha value is -1.15. The molecule has 0 atom stereocenters. The van der Waals surface area contributed by atoms with Crippen LogP contribution in [-0.4, -0.2) is 31.8 Å². The second-order valence-electron chi connectivity index (χ2n) is 4.22. The molecule has 1 aromatic heterocycles. The summed E-state index contributed by atoms with van der Waals surface area (Å²) in [4.78, 5) is 9.51. The quantitative estimate of drug-likeness (QED) is 0.777. The van der Waals surface area contributed by atoms with Crippen molar-refractivity contribution in [3.8, 4) is 0 Å². The van der Waals surface area contributed by atoms with Crippen LogP contribution in [0.4, 0.5) is 0 Å². The highest BCUT2D eigenvalue weighted by molar-refractivity contribution is 7.99. The summed E-state index contributed by atoms with van der Waals surface area (Å²) in [5, 5.41) is 1.02. The zero-order chi connectivity index (χ0) is 15.5. The molecule has 0 radical (unpaired) electrons. The third-order valence-corrected chi connectivity index (χ3v) is 4.71. The van der Waals surface area contributed by atoms with E-state index < -0.39 is 9.84 Å². The maximum atomic E-state index is 11.4. The van der Waals surface area contributed by atoms with Crippen LogP contribution >= 0.6 is 23.4 Å². The van der Waals surface area contributed by atoms with Crippen LogP contribution in [0.15, 0.2) is 45.1 Å². The number of nitrogens with zero attached hydrogens (tertiary/aromatic N) is 2. The number of benzene rings is 1. The Morgan fingerprint density at radius 2 is 1.90 bits per heavy atom. The van der Waals surface area contributed by atoms with Gasteiger partial charge >= 0.3 is 0 Å². The molecule has 0 fully saturated rings. The molecule has 0 spiro atoms. The van der Waals surface area contributed by atoms with Crippen molar-refractivity contribution in [1.82, 2.24) is 9.97 Å². The van der Waals surface area contributed by atoms with E-state index in [2.05, 4.69) is 9.97 Å². The molecule has 8 heteroatoms. The molecule has 1 heterocycles. The van der Waals surface area contributed by atoms with Gasteiger partial charge < -0.3 is 4.74 Å². The predicted molar refractivity (Wildman–Crippen MR) is 81.4 cm³/mol. The highest BCUT2D eigenvalue weighted by Gasteiger charge is 2.08. The monoisotopic (exact) mass is 344 g/mol. The van der Waals surface area contributed by atoms with Crippen molar-refractivity contribution in [1.29, 1.82) is 0 Å². The lowest BCUT2D eigenvalue weighted by molar-refractivity contribution is 0.177. The van der Waals surface area contributed by atoms with E-state index in [4.69, 9.17) is 16.3 Å². The van der Waals surface area contributed by atoms with Crippen molar-refractivity contribution in [3.63, 3.8) is 0 Å². The fourth-order valence-corrected chi connectivity index (χ4v) is 3.29. The smallest absolute Gasteiger partial charge is 0.175 e. The van der Waals surface area contributed by atoms with Gasteiger partial charge in [-0.3, -0.25) is 0 Å². The zero-order valence-electron chi connectivity index (χ0n) is 11.4. The third-order valence-electron chi connectivity index (χ3n) is 2.47. The Morgan fingerprint density at radius 1 is 1.24 bits per heavy atom. The van der Waals surface area contributed by atoms with Crippen molar-refractivity contribution in [2.75, 3.05) is 13.4 Å². The molecule has 0 aliphatic carbocycles. The molecule has 0 bridgehead atoms. The largest absolute Gasteiger partial charge is 0.377 e. The number of sulfone groups is 1. The standard InChI is InChI=1S/C13H13ClN2O3S2/c1-19-8-12-15-11(14)7-13(16-12)20-9-3-5-10(6-4-9)21(2,17)18/h3-7H,8H2,1-2H3. The van der Waals surface area contributed by atoms with Crippen LogP contribution < -0.4 is 0 Å². The van der Waals surface area contributed by atoms with Gasteiger partial charge in [0, 0.05) is 24.3 Å². The number of methoxy groups -OCH3 is 1. The minimum absolute atomic E-state index is 0.279. The van der Waals surface area contributed by atoms with E-state index in [9.17, 15) is 8.42 Å². The second kappa shape index (κ2) is 6.74. The van der Waals surface area contributed by atoms with E-state index in [-0.39, 0.29) is 11.5 Å². The van der Waals surface area contributed by atoms with E-state index in [0.717, 1.165) is 4.90 Å². The Morgan fingerprint density at radius 3 is 2.48 bits per heavy atom. The summed E-state index contributed by atoms with van der Waals surface area (Å²) >= 11 is 7.31. The van der Waals surface area contributed by atoms with Crippen LogP contribution in [-0.2, 0) is 21.2 Å². The number of halogens is 1. The van der Waals surface area contributed by atoms with E-state index in [1.54, 1.807) is 37.4 Å². The fraction of sp³-hybridized carbons (Fsp3) is 0.231. The van der Waals surface area contributed by atoms with Gasteiger partial charge in [0.05, 0.1) is 4.90 Å². The minimum atomic E-state index is -3.19. The molecule has 21 heavy (non-hydrogen) atoms. The van der Waals surface area contributed by atoms with Gasteiger partial charge in [0.2, 0.25) is 0 Å². The van der Waals surface area contributed by atoms with E-state index >= 15 is 0 Å². The van der Waals surface area contributed by atoms with Crippen molar-refractivity contribution < 1.29 is 13.2 Å². The number of ether oxygens (including phenoxy) is 1. The summed E-state index contributed by atoms with van der Waals surface area (Å²) in [6.45, 7) is 0.279. The molecule has 1 aromatic carbocycles. The summed E-state index contributed by atoms with van der Waals surface area (Å²) in [6, 6.07) is 8.24. The molecule has 0 saturated heterocycles. The Kier molecular flexibility index (Phi) is 5.21. The first kappa shape index (κ1) is 16.2. The maximum Gasteiger partial charge on any atom is 0.175 e. The number of rotatable bonds is 5. The summed E-state index contributed by atoms with van der Waals surface area (Å²) in [5.41, 5.74) is 0. The summed E-state index contributed by atoms with van der Waals surface area (Å²) in [5.74, 6) is 0.500. The average molecular weight is 345 g/mol. The number of aromatic nitrogens is 2. The molecule has 112 valence electrons. The normalized spacial score (nSPS) is 11.6. The van der Waals surface area contributed by atoms with Gasteiger partial charge in [-0.1, -0.05) is 23.4 Å². The molecule has 0 N–H and O–H groups in total. The van der Waals surface area contributed by atoms with Crippen LogP contribution in [0.25, 0.3) is 0 Å². The molecule has 5 nitrogen and oxygen atoms in total. The van der Waals surface area contributed by atoms with Gasteiger partial charge in [-0.15, -0.1) is 0 Å². The lowest BCUT2D eigenvalue weighted by atomic mass is 10.4.